The van der Waals surface area contributed by atoms with E-state index in [2.05, 4.69) is 20.9 Å². The van der Waals surface area contributed by atoms with Crippen LogP contribution in [0.3, 0.4) is 0 Å². The van der Waals surface area contributed by atoms with Crippen molar-refractivity contribution in [3.63, 3.8) is 0 Å². The summed E-state index contributed by atoms with van der Waals surface area (Å²) in [7, 11) is 0. The molecule has 0 spiro atoms. The van der Waals surface area contributed by atoms with E-state index in [1.54, 1.807) is 10.6 Å². The summed E-state index contributed by atoms with van der Waals surface area (Å²) in [6.07, 6.45) is 0. The highest BCUT2D eigenvalue weighted by atomic mass is 79.9. The van der Waals surface area contributed by atoms with E-state index in [4.69, 9.17) is 23.8 Å². The molecule has 0 radical (unpaired) electrons. The van der Waals surface area contributed by atoms with E-state index in [0.29, 0.717) is 26.0 Å². The Bertz CT molecular complexity index is 888. The molecule has 0 saturated heterocycles. The minimum atomic E-state index is -0.561. The molecule has 0 bridgehead atoms. The highest BCUT2D eigenvalue weighted by Crippen LogP contribution is 2.29. The smallest absolute Gasteiger partial charge is 0.182 e. The number of benzene rings is 2. The zero-order chi connectivity index (χ0) is 14.4. The first kappa shape index (κ1) is 13.7. The van der Waals surface area contributed by atoms with Crippen molar-refractivity contribution in [2.24, 2.45) is 0 Å². The Kier molecular flexibility index (Phi) is 3.40. The van der Waals surface area contributed by atoms with Gasteiger partial charge in [-0.15, -0.1) is 0 Å². The fraction of sp³-hybridized carbons (Fsp3) is 0. The molecule has 1 N–H and O–H groups in total. The number of nitrogens with zero attached hydrogens (tertiary/aromatic N) is 1. The molecule has 0 unspecified atom stereocenters. The molecular formula is C13H6BrClF2N2S. The Balaban J connectivity index is 2.42. The third-order valence-corrected chi connectivity index (χ3v) is 4.12. The van der Waals surface area contributed by atoms with Gasteiger partial charge < -0.3 is 4.98 Å². The topological polar surface area (TPSA) is 20.7 Å². The summed E-state index contributed by atoms with van der Waals surface area (Å²) in [5.41, 5.74) is 1.56. The molecule has 1 heterocycles. The number of imidazole rings is 1. The van der Waals surface area contributed by atoms with Crippen molar-refractivity contribution in [1.82, 2.24) is 9.55 Å². The lowest BCUT2D eigenvalue weighted by Gasteiger charge is -2.07. The number of rotatable bonds is 1. The van der Waals surface area contributed by atoms with Crippen molar-refractivity contribution in [1.29, 1.82) is 0 Å². The molecule has 20 heavy (non-hydrogen) atoms. The predicted octanol–water partition coefficient (Wildman–Crippen LogP) is 5.38. The Labute approximate surface area is 131 Å². The van der Waals surface area contributed by atoms with E-state index >= 15 is 0 Å². The van der Waals surface area contributed by atoms with E-state index in [1.807, 2.05) is 0 Å². The molecule has 3 aromatic rings. The molecular weight excluding hydrogens is 370 g/mol. The van der Waals surface area contributed by atoms with E-state index in [0.717, 1.165) is 0 Å². The maximum Gasteiger partial charge on any atom is 0.182 e. The lowest BCUT2D eigenvalue weighted by atomic mass is 10.2. The molecule has 0 aliphatic carbocycles. The average Bonchev–Trinajstić information content (AvgIpc) is 2.69. The first-order chi connectivity index (χ1) is 9.47. The number of halogens is 4. The van der Waals surface area contributed by atoms with Gasteiger partial charge in [0.2, 0.25) is 0 Å². The van der Waals surface area contributed by atoms with Crippen LogP contribution in [0.25, 0.3) is 16.7 Å². The molecule has 102 valence electrons. The number of fused-ring (bicyclic) bond motifs is 1. The summed E-state index contributed by atoms with van der Waals surface area (Å²) in [5.74, 6) is -0.969. The number of hydrogen-bond donors (Lipinski definition) is 1. The van der Waals surface area contributed by atoms with Gasteiger partial charge in [0.15, 0.2) is 4.77 Å². The summed E-state index contributed by atoms with van der Waals surface area (Å²) in [5, 5.41) is -0.000733. The van der Waals surface area contributed by atoms with Crippen LogP contribution in [0.1, 0.15) is 0 Å². The molecule has 0 saturated carbocycles. The zero-order valence-corrected chi connectivity index (χ0v) is 12.9. The van der Waals surface area contributed by atoms with Gasteiger partial charge in [0.1, 0.15) is 11.6 Å². The van der Waals surface area contributed by atoms with Gasteiger partial charge in [-0.05, 0) is 52.4 Å². The molecule has 0 amide bonds. The normalized spacial score (nSPS) is 11.2. The van der Waals surface area contributed by atoms with Crippen molar-refractivity contribution < 1.29 is 8.78 Å². The lowest BCUT2D eigenvalue weighted by Crippen LogP contribution is -1.96. The van der Waals surface area contributed by atoms with Crippen LogP contribution in [0, 0.1) is 16.4 Å². The number of H-pyrrole nitrogens is 1. The van der Waals surface area contributed by atoms with E-state index in [9.17, 15) is 8.78 Å². The van der Waals surface area contributed by atoms with E-state index in [-0.39, 0.29) is 5.02 Å². The van der Waals surface area contributed by atoms with Crippen molar-refractivity contribution in [2.75, 3.05) is 0 Å². The van der Waals surface area contributed by atoms with Crippen molar-refractivity contribution >= 4 is 50.8 Å². The Hall–Kier alpha value is -1.24. The SMILES string of the molecule is Fc1ccc(Br)c(-n2c(=S)[nH]c3cc(Cl)c(F)cc32)c1. The first-order valence-electron chi connectivity index (χ1n) is 5.52. The number of aromatic amines is 1. The molecule has 3 rings (SSSR count). The van der Waals surface area contributed by atoms with Crippen LogP contribution in [0.5, 0.6) is 0 Å². The van der Waals surface area contributed by atoms with Gasteiger partial charge in [0, 0.05) is 10.5 Å². The monoisotopic (exact) mass is 374 g/mol. The standard InChI is InChI=1S/C13H6BrClF2N2S/c14-7-2-1-6(16)3-11(7)19-12-5-9(17)8(15)4-10(12)18-13(19)20/h1-5H,(H,18,20). The highest BCUT2D eigenvalue weighted by molar-refractivity contribution is 9.10. The van der Waals surface area contributed by atoms with Gasteiger partial charge in [0.25, 0.3) is 0 Å². The Morgan fingerprint density at radius 3 is 2.70 bits per heavy atom. The van der Waals surface area contributed by atoms with Crippen LogP contribution in [0.2, 0.25) is 5.02 Å². The van der Waals surface area contributed by atoms with Gasteiger partial charge in [0.05, 0.1) is 21.7 Å². The van der Waals surface area contributed by atoms with Crippen LogP contribution in [0.4, 0.5) is 8.78 Å². The average molecular weight is 376 g/mol. The van der Waals surface area contributed by atoms with E-state index < -0.39 is 11.6 Å². The third kappa shape index (κ3) is 2.17. The maximum absolute atomic E-state index is 13.7. The molecule has 2 nitrogen and oxygen atoms in total. The third-order valence-electron chi connectivity index (χ3n) is 2.87. The van der Waals surface area contributed by atoms with Crippen molar-refractivity contribution in [3.8, 4) is 5.69 Å². The van der Waals surface area contributed by atoms with Crippen LogP contribution in [-0.2, 0) is 0 Å². The van der Waals surface area contributed by atoms with Crippen molar-refractivity contribution in [2.45, 2.75) is 0 Å². The second kappa shape index (κ2) is 4.95. The largest absolute Gasteiger partial charge is 0.330 e. The summed E-state index contributed by atoms with van der Waals surface area (Å²) < 4.78 is 29.6. The molecule has 0 fully saturated rings. The van der Waals surface area contributed by atoms with Crippen LogP contribution < -0.4 is 0 Å². The summed E-state index contributed by atoms with van der Waals surface area (Å²) in [6, 6.07) is 6.92. The second-order valence-corrected chi connectivity index (χ2v) is 5.79. The summed E-state index contributed by atoms with van der Waals surface area (Å²) in [6.45, 7) is 0. The predicted molar refractivity (Wildman–Crippen MR) is 81.1 cm³/mol. The lowest BCUT2D eigenvalue weighted by molar-refractivity contribution is 0.626. The summed E-state index contributed by atoms with van der Waals surface area (Å²) >= 11 is 14.3. The molecule has 0 aliphatic rings. The number of aromatic nitrogens is 2. The number of nitrogens with one attached hydrogen (secondary N) is 1. The molecule has 1 aromatic heterocycles. The fourth-order valence-corrected chi connectivity index (χ4v) is 2.89. The van der Waals surface area contributed by atoms with E-state index in [1.165, 1.54) is 24.3 Å². The van der Waals surface area contributed by atoms with Gasteiger partial charge in [-0.1, -0.05) is 11.6 Å². The summed E-state index contributed by atoms with van der Waals surface area (Å²) in [4.78, 5) is 2.92. The Morgan fingerprint density at radius 1 is 1.20 bits per heavy atom. The Morgan fingerprint density at radius 2 is 1.95 bits per heavy atom. The van der Waals surface area contributed by atoms with Crippen molar-refractivity contribution in [3.05, 3.63) is 56.2 Å². The fourth-order valence-electron chi connectivity index (χ4n) is 2.00. The molecule has 0 aliphatic heterocycles. The van der Waals surface area contributed by atoms with Gasteiger partial charge >= 0.3 is 0 Å². The van der Waals surface area contributed by atoms with Gasteiger partial charge in [-0.2, -0.15) is 0 Å². The molecule has 0 atom stereocenters. The van der Waals surface area contributed by atoms with Crippen LogP contribution >= 0.6 is 39.7 Å². The van der Waals surface area contributed by atoms with Crippen LogP contribution in [0.15, 0.2) is 34.8 Å². The molecule has 2 aromatic carbocycles. The van der Waals surface area contributed by atoms with Gasteiger partial charge in [-0.3, -0.25) is 4.57 Å². The highest BCUT2D eigenvalue weighted by Gasteiger charge is 2.13. The zero-order valence-electron chi connectivity index (χ0n) is 9.75. The minimum Gasteiger partial charge on any atom is -0.330 e. The maximum atomic E-state index is 13.7. The van der Waals surface area contributed by atoms with Gasteiger partial charge in [-0.25, -0.2) is 8.78 Å². The quantitative estimate of drug-likeness (QED) is 0.566. The van der Waals surface area contributed by atoms with Crippen LogP contribution in [-0.4, -0.2) is 9.55 Å². The second-order valence-electron chi connectivity index (χ2n) is 4.14. The molecule has 7 heteroatoms. The number of hydrogen-bond acceptors (Lipinski definition) is 1. The first-order valence-corrected chi connectivity index (χ1v) is 7.10. The minimum absolute atomic E-state index is 0.000733.